The molecule has 1 fully saturated rings. The molecule has 0 aromatic rings. The van der Waals surface area contributed by atoms with Crippen LogP contribution < -0.4 is 11.1 Å². The zero-order chi connectivity index (χ0) is 15.7. The molecule has 3 N–H and O–H groups in total. The first-order chi connectivity index (χ1) is 9.87. The number of nitrogens with two attached hydrogens (primary N) is 1. The van der Waals surface area contributed by atoms with Gasteiger partial charge in [-0.3, -0.25) is 4.79 Å². The van der Waals surface area contributed by atoms with Gasteiger partial charge in [0, 0.05) is 25.6 Å². The smallest absolute Gasteiger partial charge is 0.221 e. The van der Waals surface area contributed by atoms with E-state index in [2.05, 4.69) is 26.1 Å². The standard InChI is InChI=1S/C17H34N2O2/c1-17(2,3)13-14(18)12-16(20)19-10-7-11-21-15-8-5-4-6-9-15/h14-15H,4-13,18H2,1-3H3,(H,19,20). The van der Waals surface area contributed by atoms with Crippen molar-refractivity contribution < 1.29 is 9.53 Å². The fourth-order valence-electron chi connectivity index (χ4n) is 2.95. The molecule has 1 saturated carbocycles. The lowest BCUT2D eigenvalue weighted by Crippen LogP contribution is -2.34. The normalized spacial score (nSPS) is 18.5. The minimum atomic E-state index is -0.0523. The number of hydrogen-bond acceptors (Lipinski definition) is 3. The lowest BCUT2D eigenvalue weighted by Gasteiger charge is -2.23. The summed E-state index contributed by atoms with van der Waals surface area (Å²) < 4.78 is 5.84. The van der Waals surface area contributed by atoms with E-state index in [4.69, 9.17) is 10.5 Å². The minimum Gasteiger partial charge on any atom is -0.378 e. The molecule has 1 atom stereocenters. The fourth-order valence-corrected chi connectivity index (χ4v) is 2.95. The molecule has 4 heteroatoms. The predicted octanol–water partition coefficient (Wildman–Crippen LogP) is 3.00. The van der Waals surface area contributed by atoms with Crippen LogP contribution in [0, 0.1) is 5.41 Å². The third-order valence-electron chi connectivity index (χ3n) is 3.87. The molecule has 0 radical (unpaired) electrons. The van der Waals surface area contributed by atoms with Gasteiger partial charge >= 0.3 is 0 Å². The first-order valence-corrected chi connectivity index (χ1v) is 8.51. The van der Waals surface area contributed by atoms with Crippen molar-refractivity contribution >= 4 is 5.91 Å². The molecule has 1 rings (SSSR count). The van der Waals surface area contributed by atoms with E-state index in [-0.39, 0.29) is 17.4 Å². The summed E-state index contributed by atoms with van der Waals surface area (Å²) in [4.78, 5) is 11.8. The third-order valence-corrected chi connectivity index (χ3v) is 3.87. The molecular weight excluding hydrogens is 264 g/mol. The van der Waals surface area contributed by atoms with Crippen LogP contribution in [0.15, 0.2) is 0 Å². The number of rotatable bonds is 8. The molecule has 0 aliphatic heterocycles. The SMILES string of the molecule is CC(C)(C)CC(N)CC(=O)NCCCOC1CCCCC1. The summed E-state index contributed by atoms with van der Waals surface area (Å²) in [5, 5.41) is 2.94. The highest BCUT2D eigenvalue weighted by molar-refractivity contribution is 5.76. The van der Waals surface area contributed by atoms with E-state index in [1.165, 1.54) is 32.1 Å². The van der Waals surface area contributed by atoms with Crippen LogP contribution in [-0.4, -0.2) is 31.2 Å². The largest absolute Gasteiger partial charge is 0.378 e. The Morgan fingerprint density at radius 3 is 2.57 bits per heavy atom. The Bertz CT molecular complexity index is 294. The Labute approximate surface area is 130 Å². The zero-order valence-corrected chi connectivity index (χ0v) is 14.1. The van der Waals surface area contributed by atoms with Crippen molar-refractivity contribution in [2.24, 2.45) is 11.1 Å². The van der Waals surface area contributed by atoms with Crippen molar-refractivity contribution in [3.05, 3.63) is 0 Å². The summed E-state index contributed by atoms with van der Waals surface area (Å²) >= 11 is 0. The van der Waals surface area contributed by atoms with Gasteiger partial charge in [-0.1, -0.05) is 40.0 Å². The maximum absolute atomic E-state index is 11.8. The Kier molecular flexibility index (Phi) is 8.27. The second-order valence-electron chi connectivity index (χ2n) is 7.56. The van der Waals surface area contributed by atoms with Gasteiger partial charge in [0.05, 0.1) is 6.10 Å². The average Bonchev–Trinajstić information content (AvgIpc) is 2.37. The number of amides is 1. The first kappa shape index (κ1) is 18.4. The van der Waals surface area contributed by atoms with Crippen LogP contribution in [0.5, 0.6) is 0 Å². The fraction of sp³-hybridized carbons (Fsp3) is 0.941. The summed E-state index contributed by atoms with van der Waals surface area (Å²) in [7, 11) is 0. The van der Waals surface area contributed by atoms with Gasteiger partial charge in [0.2, 0.25) is 5.91 Å². The topological polar surface area (TPSA) is 64.4 Å². The van der Waals surface area contributed by atoms with Gasteiger partial charge in [0.1, 0.15) is 0 Å². The monoisotopic (exact) mass is 298 g/mol. The van der Waals surface area contributed by atoms with Gasteiger partial charge in [0.25, 0.3) is 0 Å². The van der Waals surface area contributed by atoms with Crippen LogP contribution in [0.1, 0.15) is 72.1 Å². The zero-order valence-electron chi connectivity index (χ0n) is 14.1. The van der Waals surface area contributed by atoms with Crippen molar-refractivity contribution in [2.75, 3.05) is 13.2 Å². The molecule has 0 aromatic carbocycles. The van der Waals surface area contributed by atoms with Gasteiger partial charge in [-0.15, -0.1) is 0 Å². The van der Waals surface area contributed by atoms with Gasteiger partial charge < -0.3 is 15.8 Å². The minimum absolute atomic E-state index is 0.0523. The molecule has 1 aliphatic carbocycles. The Morgan fingerprint density at radius 2 is 1.95 bits per heavy atom. The molecule has 124 valence electrons. The van der Waals surface area contributed by atoms with E-state index in [1.54, 1.807) is 0 Å². The maximum atomic E-state index is 11.8. The highest BCUT2D eigenvalue weighted by Crippen LogP contribution is 2.21. The van der Waals surface area contributed by atoms with Crippen LogP contribution in [0.2, 0.25) is 0 Å². The van der Waals surface area contributed by atoms with Crippen molar-refractivity contribution in [2.45, 2.75) is 84.3 Å². The number of carbonyl (C=O) groups is 1. The second-order valence-corrected chi connectivity index (χ2v) is 7.56. The lowest BCUT2D eigenvalue weighted by molar-refractivity contribution is -0.121. The van der Waals surface area contributed by atoms with Crippen LogP contribution in [0.4, 0.5) is 0 Å². The van der Waals surface area contributed by atoms with Crippen molar-refractivity contribution in [1.82, 2.24) is 5.32 Å². The van der Waals surface area contributed by atoms with Gasteiger partial charge in [-0.2, -0.15) is 0 Å². The van der Waals surface area contributed by atoms with E-state index < -0.39 is 0 Å². The average molecular weight is 298 g/mol. The highest BCUT2D eigenvalue weighted by atomic mass is 16.5. The molecule has 1 aliphatic rings. The molecule has 0 bridgehead atoms. The Morgan fingerprint density at radius 1 is 1.29 bits per heavy atom. The number of hydrogen-bond donors (Lipinski definition) is 2. The number of ether oxygens (including phenoxy) is 1. The van der Waals surface area contributed by atoms with E-state index in [1.807, 2.05) is 0 Å². The summed E-state index contributed by atoms with van der Waals surface area (Å²) in [5.41, 5.74) is 6.18. The van der Waals surface area contributed by atoms with Crippen LogP contribution in [-0.2, 0) is 9.53 Å². The molecular formula is C17H34N2O2. The number of carbonyl (C=O) groups excluding carboxylic acids is 1. The Balaban J connectivity index is 2.00. The molecule has 0 heterocycles. The predicted molar refractivity (Wildman–Crippen MR) is 87.1 cm³/mol. The van der Waals surface area contributed by atoms with Crippen molar-refractivity contribution in [3.8, 4) is 0 Å². The van der Waals surface area contributed by atoms with E-state index in [0.29, 0.717) is 19.1 Å². The quantitative estimate of drug-likeness (QED) is 0.677. The molecule has 1 unspecified atom stereocenters. The molecule has 1 amide bonds. The van der Waals surface area contributed by atoms with Crippen LogP contribution in [0.25, 0.3) is 0 Å². The summed E-state index contributed by atoms with van der Waals surface area (Å²) in [6.07, 6.45) is 8.98. The molecule has 21 heavy (non-hydrogen) atoms. The van der Waals surface area contributed by atoms with E-state index in [9.17, 15) is 4.79 Å². The van der Waals surface area contributed by atoms with E-state index >= 15 is 0 Å². The molecule has 0 spiro atoms. The third kappa shape index (κ3) is 9.86. The summed E-state index contributed by atoms with van der Waals surface area (Å²) in [6, 6.07) is -0.0523. The lowest BCUT2D eigenvalue weighted by atomic mass is 9.87. The Hall–Kier alpha value is -0.610. The van der Waals surface area contributed by atoms with Crippen LogP contribution in [0.3, 0.4) is 0 Å². The van der Waals surface area contributed by atoms with E-state index in [0.717, 1.165) is 19.4 Å². The van der Waals surface area contributed by atoms with Crippen molar-refractivity contribution in [1.29, 1.82) is 0 Å². The molecule has 0 saturated heterocycles. The highest BCUT2D eigenvalue weighted by Gasteiger charge is 2.18. The van der Waals surface area contributed by atoms with Gasteiger partial charge in [-0.05, 0) is 31.1 Å². The number of nitrogens with one attached hydrogen (secondary N) is 1. The van der Waals surface area contributed by atoms with Gasteiger partial charge in [0.15, 0.2) is 0 Å². The molecule has 4 nitrogen and oxygen atoms in total. The van der Waals surface area contributed by atoms with Crippen LogP contribution >= 0.6 is 0 Å². The van der Waals surface area contributed by atoms with Crippen molar-refractivity contribution in [3.63, 3.8) is 0 Å². The molecule has 0 aromatic heterocycles. The second kappa shape index (κ2) is 9.42. The maximum Gasteiger partial charge on any atom is 0.221 e. The summed E-state index contributed by atoms with van der Waals surface area (Å²) in [5.74, 6) is 0.0596. The van der Waals surface area contributed by atoms with Gasteiger partial charge in [-0.25, -0.2) is 0 Å². The first-order valence-electron chi connectivity index (χ1n) is 8.51. The summed E-state index contributed by atoms with van der Waals surface area (Å²) in [6.45, 7) is 7.88.